The molecule has 2 aromatic rings. The lowest BCUT2D eigenvalue weighted by atomic mass is 9.86. The summed E-state index contributed by atoms with van der Waals surface area (Å²) in [5.74, 6) is -2.04. The maximum absolute atomic E-state index is 13.7. The molecular formula is C25H31FO5. The van der Waals surface area contributed by atoms with Crippen LogP contribution in [0.15, 0.2) is 48.5 Å². The predicted molar refractivity (Wildman–Crippen MR) is 116 cm³/mol. The van der Waals surface area contributed by atoms with E-state index in [0.717, 1.165) is 5.56 Å². The van der Waals surface area contributed by atoms with E-state index in [-0.39, 0.29) is 12.3 Å². The van der Waals surface area contributed by atoms with Crippen LogP contribution < -0.4 is 4.74 Å². The van der Waals surface area contributed by atoms with Crippen molar-refractivity contribution >= 4 is 11.9 Å². The second-order valence-electron chi connectivity index (χ2n) is 8.61. The number of esters is 2. The van der Waals surface area contributed by atoms with Crippen molar-refractivity contribution in [1.29, 1.82) is 0 Å². The molecule has 2 aromatic carbocycles. The fourth-order valence-corrected chi connectivity index (χ4v) is 3.39. The molecule has 2 rings (SSSR count). The Labute approximate surface area is 183 Å². The minimum Gasteiger partial charge on any atom is -0.496 e. The number of hydrogen-bond donors (Lipinski definition) is 0. The van der Waals surface area contributed by atoms with Crippen molar-refractivity contribution in [1.82, 2.24) is 0 Å². The van der Waals surface area contributed by atoms with Gasteiger partial charge in [0, 0.05) is 17.5 Å². The Kier molecular flexibility index (Phi) is 8.20. The van der Waals surface area contributed by atoms with Gasteiger partial charge in [-0.2, -0.15) is 0 Å². The van der Waals surface area contributed by atoms with Gasteiger partial charge in [0.05, 0.1) is 19.4 Å². The van der Waals surface area contributed by atoms with Crippen molar-refractivity contribution in [2.75, 3.05) is 7.11 Å². The van der Waals surface area contributed by atoms with Crippen molar-refractivity contribution in [2.24, 2.45) is 5.92 Å². The molecule has 0 bridgehead atoms. The number of hydrogen-bond acceptors (Lipinski definition) is 5. The molecule has 1 unspecified atom stereocenters. The van der Waals surface area contributed by atoms with Crippen LogP contribution in [-0.2, 0) is 19.1 Å². The molecule has 0 saturated heterocycles. The summed E-state index contributed by atoms with van der Waals surface area (Å²) < 4.78 is 30.2. The van der Waals surface area contributed by atoms with Gasteiger partial charge in [-0.3, -0.25) is 9.59 Å². The lowest BCUT2D eigenvalue weighted by Crippen LogP contribution is -2.30. The Bertz CT molecular complexity index is 889. The molecule has 31 heavy (non-hydrogen) atoms. The molecular weight excluding hydrogens is 399 g/mol. The summed E-state index contributed by atoms with van der Waals surface area (Å²) in [6.07, 6.45) is -0.658. The molecule has 0 amide bonds. The molecule has 6 heteroatoms. The maximum atomic E-state index is 13.7. The SMILES string of the molecule is COc1cc(F)ccc1C(c1ccccc1)[C@H](C)OC(=O)[C@H](C)CC(=O)OC(C)(C)C. The van der Waals surface area contributed by atoms with Crippen LogP contribution in [-0.4, -0.2) is 30.8 Å². The summed E-state index contributed by atoms with van der Waals surface area (Å²) >= 11 is 0. The van der Waals surface area contributed by atoms with Gasteiger partial charge in [-0.15, -0.1) is 0 Å². The second-order valence-corrected chi connectivity index (χ2v) is 8.61. The number of carbonyl (C=O) groups is 2. The van der Waals surface area contributed by atoms with Gasteiger partial charge in [0.25, 0.3) is 0 Å². The largest absolute Gasteiger partial charge is 0.496 e. The fourth-order valence-electron chi connectivity index (χ4n) is 3.39. The predicted octanol–water partition coefficient (Wildman–Crippen LogP) is 5.27. The molecule has 0 fully saturated rings. The standard InChI is InChI=1S/C25H31FO5/c1-16(14-22(27)31-25(3,4)5)24(28)30-17(2)23(18-10-8-7-9-11-18)20-13-12-19(26)15-21(20)29-6/h7-13,15-17,23H,14H2,1-6H3/t16-,17+,23?/m1/s1. The summed E-state index contributed by atoms with van der Waals surface area (Å²) in [5, 5.41) is 0. The molecule has 0 saturated carbocycles. The highest BCUT2D eigenvalue weighted by molar-refractivity contribution is 5.80. The van der Waals surface area contributed by atoms with Gasteiger partial charge in [-0.25, -0.2) is 4.39 Å². The third-order valence-corrected chi connectivity index (χ3v) is 4.76. The zero-order chi connectivity index (χ0) is 23.2. The van der Waals surface area contributed by atoms with E-state index >= 15 is 0 Å². The van der Waals surface area contributed by atoms with E-state index in [1.807, 2.05) is 30.3 Å². The first-order chi connectivity index (χ1) is 14.5. The average molecular weight is 431 g/mol. The van der Waals surface area contributed by atoms with Crippen LogP contribution in [0.4, 0.5) is 4.39 Å². The Morgan fingerprint density at radius 1 is 1.03 bits per heavy atom. The maximum Gasteiger partial charge on any atom is 0.309 e. The molecule has 0 aromatic heterocycles. The van der Waals surface area contributed by atoms with Crippen LogP contribution in [0.5, 0.6) is 5.75 Å². The summed E-state index contributed by atoms with van der Waals surface area (Å²) in [4.78, 5) is 24.8. The number of ether oxygens (including phenoxy) is 3. The number of methoxy groups -OCH3 is 1. The van der Waals surface area contributed by atoms with Gasteiger partial charge in [-0.1, -0.05) is 43.3 Å². The topological polar surface area (TPSA) is 61.8 Å². The van der Waals surface area contributed by atoms with Gasteiger partial charge in [0.1, 0.15) is 23.3 Å². The fraction of sp³-hybridized carbons (Fsp3) is 0.440. The minimum atomic E-state index is -0.663. The zero-order valence-corrected chi connectivity index (χ0v) is 19.0. The highest BCUT2D eigenvalue weighted by Gasteiger charge is 2.30. The number of halogens is 1. The monoisotopic (exact) mass is 430 g/mol. The van der Waals surface area contributed by atoms with E-state index in [4.69, 9.17) is 14.2 Å². The first-order valence-corrected chi connectivity index (χ1v) is 10.3. The molecule has 3 atom stereocenters. The Morgan fingerprint density at radius 2 is 1.68 bits per heavy atom. The molecule has 0 heterocycles. The van der Waals surface area contributed by atoms with E-state index in [2.05, 4.69) is 0 Å². The molecule has 5 nitrogen and oxygen atoms in total. The van der Waals surface area contributed by atoms with E-state index in [1.54, 1.807) is 40.7 Å². The molecule has 0 spiro atoms. The Morgan fingerprint density at radius 3 is 2.26 bits per heavy atom. The average Bonchev–Trinajstić information content (AvgIpc) is 2.68. The molecule has 0 radical (unpaired) electrons. The smallest absolute Gasteiger partial charge is 0.309 e. The molecule has 0 N–H and O–H groups in total. The van der Waals surface area contributed by atoms with Gasteiger partial charge in [0.15, 0.2) is 0 Å². The summed E-state index contributed by atoms with van der Waals surface area (Å²) in [6, 6.07) is 13.8. The summed E-state index contributed by atoms with van der Waals surface area (Å²) in [5.41, 5.74) is 0.980. The Balaban J connectivity index is 2.24. The highest BCUT2D eigenvalue weighted by atomic mass is 19.1. The zero-order valence-electron chi connectivity index (χ0n) is 19.0. The van der Waals surface area contributed by atoms with Gasteiger partial charge < -0.3 is 14.2 Å². The van der Waals surface area contributed by atoms with Gasteiger partial charge >= 0.3 is 11.9 Å². The number of rotatable bonds is 8. The van der Waals surface area contributed by atoms with Crippen molar-refractivity contribution in [3.8, 4) is 5.75 Å². The first kappa shape index (κ1) is 24.4. The lowest BCUT2D eigenvalue weighted by molar-refractivity contribution is -0.163. The van der Waals surface area contributed by atoms with Crippen LogP contribution in [0.25, 0.3) is 0 Å². The third-order valence-electron chi connectivity index (χ3n) is 4.76. The van der Waals surface area contributed by atoms with Crippen molar-refractivity contribution < 1.29 is 28.2 Å². The lowest BCUT2D eigenvalue weighted by Gasteiger charge is -2.27. The van der Waals surface area contributed by atoms with Crippen molar-refractivity contribution in [3.63, 3.8) is 0 Å². The summed E-state index contributed by atoms with van der Waals surface area (Å²) in [6.45, 7) is 8.73. The van der Waals surface area contributed by atoms with E-state index in [0.29, 0.717) is 11.3 Å². The normalized spacial score (nSPS) is 14.3. The quantitative estimate of drug-likeness (QED) is 0.534. The van der Waals surface area contributed by atoms with Crippen LogP contribution in [0.3, 0.4) is 0 Å². The van der Waals surface area contributed by atoms with E-state index in [1.165, 1.54) is 19.2 Å². The van der Waals surface area contributed by atoms with Gasteiger partial charge in [-0.05, 0) is 39.3 Å². The van der Waals surface area contributed by atoms with Crippen molar-refractivity contribution in [2.45, 2.75) is 58.7 Å². The molecule has 168 valence electrons. The van der Waals surface area contributed by atoms with Gasteiger partial charge in [0.2, 0.25) is 0 Å². The van der Waals surface area contributed by atoms with Crippen LogP contribution >= 0.6 is 0 Å². The highest BCUT2D eigenvalue weighted by Crippen LogP contribution is 2.36. The second kappa shape index (κ2) is 10.4. The number of carbonyl (C=O) groups excluding carboxylic acids is 2. The van der Waals surface area contributed by atoms with E-state index in [9.17, 15) is 14.0 Å². The van der Waals surface area contributed by atoms with Crippen LogP contribution in [0.2, 0.25) is 0 Å². The third kappa shape index (κ3) is 7.09. The first-order valence-electron chi connectivity index (χ1n) is 10.3. The van der Waals surface area contributed by atoms with Crippen LogP contribution in [0, 0.1) is 11.7 Å². The van der Waals surface area contributed by atoms with Crippen LogP contribution in [0.1, 0.15) is 58.1 Å². The molecule has 0 aliphatic carbocycles. The molecule has 0 aliphatic heterocycles. The van der Waals surface area contributed by atoms with Crippen molar-refractivity contribution in [3.05, 3.63) is 65.5 Å². The Hall–Kier alpha value is -2.89. The minimum absolute atomic E-state index is 0.0707. The number of benzene rings is 2. The van der Waals surface area contributed by atoms with E-state index < -0.39 is 35.4 Å². The molecule has 0 aliphatic rings. The summed E-state index contributed by atoms with van der Waals surface area (Å²) in [7, 11) is 1.47.